The predicted molar refractivity (Wildman–Crippen MR) is 103 cm³/mol. The lowest BCUT2D eigenvalue weighted by atomic mass is 10.1. The number of guanidine groups is 1. The van der Waals surface area contributed by atoms with Gasteiger partial charge in [-0.1, -0.05) is 13.8 Å². The molecular weight excluding hydrogens is 393 g/mol. The molecule has 7 heteroatoms. The number of nitrogens with zero attached hydrogens (tertiary/aromatic N) is 3. The van der Waals surface area contributed by atoms with Gasteiger partial charge in [0, 0.05) is 59.3 Å². The molecule has 1 saturated heterocycles. The Hall–Kier alpha value is -0.570. The lowest BCUT2D eigenvalue weighted by Crippen LogP contribution is -2.51. The standard InChI is InChI=1S/C15H31N5O.HI/c1-12(2)13(3)18-15(16-5)17-6-7-19-8-10-20(11-9-19)14(4)21;/h12-13H,6-11H2,1-5H3,(H2,16,17,18);1H. The molecule has 6 nitrogen and oxygen atoms in total. The van der Waals surface area contributed by atoms with E-state index in [1.807, 2.05) is 4.90 Å². The maximum absolute atomic E-state index is 11.3. The van der Waals surface area contributed by atoms with E-state index in [1.54, 1.807) is 14.0 Å². The monoisotopic (exact) mass is 425 g/mol. The van der Waals surface area contributed by atoms with Gasteiger partial charge in [-0.05, 0) is 12.8 Å². The van der Waals surface area contributed by atoms with Crippen molar-refractivity contribution in [1.29, 1.82) is 0 Å². The first-order valence-corrected chi connectivity index (χ1v) is 7.89. The Morgan fingerprint density at radius 2 is 1.77 bits per heavy atom. The summed E-state index contributed by atoms with van der Waals surface area (Å²) in [6, 6.07) is 0.398. The van der Waals surface area contributed by atoms with Crippen molar-refractivity contribution < 1.29 is 4.79 Å². The van der Waals surface area contributed by atoms with Crippen molar-refractivity contribution in [1.82, 2.24) is 20.4 Å². The third kappa shape index (κ3) is 7.62. The van der Waals surface area contributed by atoms with E-state index >= 15 is 0 Å². The number of carbonyl (C=O) groups excluding carboxylic acids is 1. The number of nitrogens with one attached hydrogen (secondary N) is 2. The molecule has 1 aliphatic rings. The first kappa shape index (κ1) is 21.4. The number of hydrogen-bond donors (Lipinski definition) is 2. The molecule has 0 spiro atoms. The van der Waals surface area contributed by atoms with Crippen molar-refractivity contribution in [2.45, 2.75) is 33.7 Å². The van der Waals surface area contributed by atoms with E-state index in [0.717, 1.165) is 45.2 Å². The zero-order valence-corrected chi connectivity index (χ0v) is 16.9. The molecular formula is C15H32IN5O. The van der Waals surface area contributed by atoms with Gasteiger partial charge in [0.05, 0.1) is 0 Å². The van der Waals surface area contributed by atoms with Crippen LogP contribution in [-0.4, -0.2) is 74.0 Å². The van der Waals surface area contributed by atoms with E-state index < -0.39 is 0 Å². The molecule has 22 heavy (non-hydrogen) atoms. The summed E-state index contributed by atoms with van der Waals surface area (Å²) in [5.74, 6) is 1.61. The molecule has 0 saturated carbocycles. The van der Waals surface area contributed by atoms with Gasteiger partial charge in [0.25, 0.3) is 0 Å². The highest BCUT2D eigenvalue weighted by atomic mass is 127. The van der Waals surface area contributed by atoms with Crippen LogP contribution >= 0.6 is 24.0 Å². The van der Waals surface area contributed by atoms with E-state index in [4.69, 9.17) is 0 Å². The molecule has 0 bridgehead atoms. The highest BCUT2D eigenvalue weighted by Crippen LogP contribution is 2.01. The van der Waals surface area contributed by atoms with Crippen molar-refractivity contribution in [3.8, 4) is 0 Å². The van der Waals surface area contributed by atoms with Crippen molar-refractivity contribution in [3.63, 3.8) is 0 Å². The zero-order chi connectivity index (χ0) is 15.8. The number of carbonyl (C=O) groups is 1. The van der Waals surface area contributed by atoms with Gasteiger partial charge < -0.3 is 15.5 Å². The van der Waals surface area contributed by atoms with Crippen LogP contribution in [0, 0.1) is 5.92 Å². The number of amides is 1. The van der Waals surface area contributed by atoms with Crippen LogP contribution in [0.15, 0.2) is 4.99 Å². The van der Waals surface area contributed by atoms with Gasteiger partial charge in [0.15, 0.2) is 5.96 Å². The Labute approximate surface area is 152 Å². The van der Waals surface area contributed by atoms with Crippen molar-refractivity contribution in [3.05, 3.63) is 0 Å². The fourth-order valence-electron chi connectivity index (χ4n) is 2.20. The van der Waals surface area contributed by atoms with E-state index in [2.05, 4.69) is 41.3 Å². The van der Waals surface area contributed by atoms with E-state index in [9.17, 15) is 4.79 Å². The minimum Gasteiger partial charge on any atom is -0.355 e. The third-order valence-corrected chi connectivity index (χ3v) is 4.13. The van der Waals surface area contributed by atoms with Gasteiger partial charge in [-0.15, -0.1) is 24.0 Å². The number of piperazine rings is 1. The van der Waals surface area contributed by atoms with E-state index in [1.165, 1.54) is 0 Å². The molecule has 0 aromatic heterocycles. The Morgan fingerprint density at radius 1 is 1.18 bits per heavy atom. The van der Waals surface area contributed by atoms with Crippen LogP contribution < -0.4 is 10.6 Å². The lowest BCUT2D eigenvalue weighted by molar-refractivity contribution is -0.130. The second kappa shape index (κ2) is 11.0. The zero-order valence-electron chi connectivity index (χ0n) is 14.6. The number of aliphatic imine (C=N–C) groups is 1. The molecule has 1 aliphatic heterocycles. The minimum atomic E-state index is 0. The maximum Gasteiger partial charge on any atom is 0.219 e. The van der Waals surface area contributed by atoms with Gasteiger partial charge in [-0.3, -0.25) is 14.7 Å². The van der Waals surface area contributed by atoms with Crippen molar-refractivity contribution in [2.75, 3.05) is 46.3 Å². The molecule has 1 fully saturated rings. The molecule has 130 valence electrons. The highest BCUT2D eigenvalue weighted by Gasteiger charge is 2.18. The van der Waals surface area contributed by atoms with Gasteiger partial charge in [0.1, 0.15) is 0 Å². The van der Waals surface area contributed by atoms with Gasteiger partial charge >= 0.3 is 0 Å². The van der Waals surface area contributed by atoms with Crippen LogP contribution in [0.3, 0.4) is 0 Å². The van der Waals surface area contributed by atoms with Crippen LogP contribution in [0.4, 0.5) is 0 Å². The molecule has 2 N–H and O–H groups in total. The molecule has 1 atom stereocenters. The summed E-state index contributed by atoms with van der Waals surface area (Å²) in [6.45, 7) is 13.6. The smallest absolute Gasteiger partial charge is 0.219 e. The molecule has 0 radical (unpaired) electrons. The Bertz CT molecular complexity index is 354. The quantitative estimate of drug-likeness (QED) is 0.392. The van der Waals surface area contributed by atoms with Crippen LogP contribution in [-0.2, 0) is 4.79 Å². The first-order valence-electron chi connectivity index (χ1n) is 7.89. The number of halogens is 1. The number of hydrogen-bond acceptors (Lipinski definition) is 3. The summed E-state index contributed by atoms with van der Waals surface area (Å²) in [7, 11) is 1.80. The molecule has 1 heterocycles. The molecule has 0 aromatic carbocycles. The molecule has 1 rings (SSSR count). The van der Waals surface area contributed by atoms with Gasteiger partial charge in [0.2, 0.25) is 5.91 Å². The summed E-state index contributed by atoms with van der Waals surface area (Å²) in [5.41, 5.74) is 0. The molecule has 1 amide bonds. The minimum absolute atomic E-state index is 0. The van der Waals surface area contributed by atoms with Crippen LogP contribution in [0.5, 0.6) is 0 Å². The summed E-state index contributed by atoms with van der Waals surface area (Å²) in [5, 5.41) is 6.75. The SMILES string of the molecule is CN=C(NCCN1CCN(C(C)=O)CC1)NC(C)C(C)C.I. The Balaban J connectivity index is 0.00000441. The van der Waals surface area contributed by atoms with Crippen LogP contribution in [0.25, 0.3) is 0 Å². The first-order chi connectivity index (χ1) is 9.93. The Morgan fingerprint density at radius 3 is 2.23 bits per heavy atom. The largest absolute Gasteiger partial charge is 0.355 e. The van der Waals surface area contributed by atoms with Crippen molar-refractivity contribution in [2.24, 2.45) is 10.9 Å². The van der Waals surface area contributed by atoms with Gasteiger partial charge in [-0.25, -0.2) is 0 Å². The maximum atomic E-state index is 11.3. The third-order valence-electron chi connectivity index (χ3n) is 4.13. The summed E-state index contributed by atoms with van der Waals surface area (Å²) < 4.78 is 0. The number of rotatable bonds is 5. The summed E-state index contributed by atoms with van der Waals surface area (Å²) in [6.07, 6.45) is 0. The van der Waals surface area contributed by atoms with E-state index in [-0.39, 0.29) is 29.9 Å². The summed E-state index contributed by atoms with van der Waals surface area (Å²) in [4.78, 5) is 19.8. The predicted octanol–water partition coefficient (Wildman–Crippen LogP) is 0.978. The van der Waals surface area contributed by atoms with Crippen molar-refractivity contribution >= 4 is 35.8 Å². The van der Waals surface area contributed by atoms with Crippen LogP contribution in [0.1, 0.15) is 27.7 Å². The van der Waals surface area contributed by atoms with Gasteiger partial charge in [-0.2, -0.15) is 0 Å². The summed E-state index contributed by atoms with van der Waals surface area (Å²) >= 11 is 0. The Kier molecular flexibility index (Phi) is 10.8. The fraction of sp³-hybridized carbons (Fsp3) is 0.867. The average molecular weight is 425 g/mol. The normalized spacial score (nSPS) is 17.9. The molecule has 1 unspecified atom stereocenters. The average Bonchev–Trinajstić information content (AvgIpc) is 2.46. The topological polar surface area (TPSA) is 60.0 Å². The second-order valence-corrected chi connectivity index (χ2v) is 6.02. The molecule has 0 aliphatic carbocycles. The van der Waals surface area contributed by atoms with Crippen LogP contribution in [0.2, 0.25) is 0 Å². The van der Waals surface area contributed by atoms with E-state index in [0.29, 0.717) is 12.0 Å². The molecule has 0 aromatic rings. The second-order valence-electron chi connectivity index (χ2n) is 6.02. The highest BCUT2D eigenvalue weighted by molar-refractivity contribution is 14.0. The fourth-order valence-corrected chi connectivity index (χ4v) is 2.20. The lowest BCUT2D eigenvalue weighted by Gasteiger charge is -2.34.